The van der Waals surface area contributed by atoms with Gasteiger partial charge in [-0.15, -0.1) is 0 Å². The van der Waals surface area contributed by atoms with Crippen molar-refractivity contribution in [2.24, 2.45) is 0 Å². The fourth-order valence-electron chi connectivity index (χ4n) is 1.83. The van der Waals surface area contributed by atoms with Crippen molar-refractivity contribution in [2.45, 2.75) is 32.8 Å². The fourth-order valence-corrected chi connectivity index (χ4v) is 2.08. The monoisotopic (exact) mass is 286 g/mol. The van der Waals surface area contributed by atoms with Crippen molar-refractivity contribution in [3.8, 4) is 5.75 Å². The standard InChI is InChI=1S/C14H19ClO4/c1-5-19-14(17)13(16)10-6-11(15)12(18-4)7-9(10)8(2)3/h6-8,13,16H,5H2,1-4H3. The van der Waals surface area contributed by atoms with E-state index < -0.39 is 12.1 Å². The summed E-state index contributed by atoms with van der Waals surface area (Å²) in [4.78, 5) is 11.6. The van der Waals surface area contributed by atoms with Crippen LogP contribution < -0.4 is 4.74 Å². The van der Waals surface area contributed by atoms with Crippen LogP contribution in [0.5, 0.6) is 5.75 Å². The molecule has 0 bridgehead atoms. The average Bonchev–Trinajstić information content (AvgIpc) is 2.37. The van der Waals surface area contributed by atoms with E-state index in [9.17, 15) is 9.90 Å². The Kier molecular flexibility index (Phi) is 5.63. The molecule has 5 heteroatoms. The number of ether oxygens (including phenoxy) is 2. The maximum Gasteiger partial charge on any atom is 0.339 e. The highest BCUT2D eigenvalue weighted by Gasteiger charge is 2.24. The van der Waals surface area contributed by atoms with Crippen molar-refractivity contribution in [3.05, 3.63) is 28.3 Å². The fraction of sp³-hybridized carbons (Fsp3) is 0.500. The first-order chi connectivity index (χ1) is 8.92. The molecule has 0 saturated heterocycles. The summed E-state index contributed by atoms with van der Waals surface area (Å²) in [7, 11) is 1.52. The Morgan fingerprint density at radius 2 is 2.00 bits per heavy atom. The van der Waals surface area contributed by atoms with Gasteiger partial charge < -0.3 is 14.6 Å². The zero-order chi connectivity index (χ0) is 14.6. The molecule has 0 fully saturated rings. The summed E-state index contributed by atoms with van der Waals surface area (Å²) in [6, 6.07) is 3.29. The Morgan fingerprint density at radius 1 is 1.37 bits per heavy atom. The Hall–Kier alpha value is -1.26. The second-order valence-corrected chi connectivity index (χ2v) is 4.83. The Bertz CT molecular complexity index is 457. The number of rotatable bonds is 5. The normalized spacial score (nSPS) is 12.4. The van der Waals surface area contributed by atoms with Gasteiger partial charge in [-0.05, 0) is 36.1 Å². The van der Waals surface area contributed by atoms with Crippen molar-refractivity contribution in [1.82, 2.24) is 0 Å². The van der Waals surface area contributed by atoms with E-state index in [4.69, 9.17) is 21.1 Å². The molecule has 0 aliphatic carbocycles. The molecule has 1 aromatic rings. The lowest BCUT2D eigenvalue weighted by molar-refractivity contribution is -0.153. The molecule has 1 atom stereocenters. The minimum absolute atomic E-state index is 0.116. The van der Waals surface area contributed by atoms with E-state index >= 15 is 0 Å². The van der Waals surface area contributed by atoms with Crippen molar-refractivity contribution < 1.29 is 19.4 Å². The van der Waals surface area contributed by atoms with Crippen molar-refractivity contribution in [2.75, 3.05) is 13.7 Å². The molecule has 0 saturated carbocycles. The molecule has 106 valence electrons. The smallest absolute Gasteiger partial charge is 0.339 e. The topological polar surface area (TPSA) is 55.8 Å². The third kappa shape index (κ3) is 3.61. The van der Waals surface area contributed by atoms with Gasteiger partial charge in [0.25, 0.3) is 0 Å². The lowest BCUT2D eigenvalue weighted by Crippen LogP contribution is -2.17. The highest BCUT2D eigenvalue weighted by Crippen LogP contribution is 2.35. The van der Waals surface area contributed by atoms with E-state index in [2.05, 4.69) is 0 Å². The van der Waals surface area contributed by atoms with E-state index in [0.29, 0.717) is 16.3 Å². The molecule has 1 rings (SSSR count). The van der Waals surface area contributed by atoms with Gasteiger partial charge in [0.2, 0.25) is 0 Å². The van der Waals surface area contributed by atoms with Crippen LogP contribution in [0.3, 0.4) is 0 Å². The average molecular weight is 287 g/mol. The molecule has 0 aliphatic heterocycles. The first-order valence-electron chi connectivity index (χ1n) is 6.14. The van der Waals surface area contributed by atoms with Crippen molar-refractivity contribution >= 4 is 17.6 Å². The number of benzene rings is 1. The SMILES string of the molecule is CCOC(=O)C(O)c1cc(Cl)c(OC)cc1C(C)C. The second kappa shape index (κ2) is 6.78. The summed E-state index contributed by atoms with van der Waals surface area (Å²) in [5, 5.41) is 10.4. The lowest BCUT2D eigenvalue weighted by atomic mass is 9.93. The van der Waals surface area contributed by atoms with Gasteiger partial charge in [0.15, 0.2) is 6.10 Å². The van der Waals surface area contributed by atoms with Crippen LogP contribution in [0.15, 0.2) is 12.1 Å². The maximum atomic E-state index is 11.6. The summed E-state index contributed by atoms with van der Waals surface area (Å²) in [5.41, 5.74) is 1.26. The molecule has 0 aliphatic rings. The molecule has 0 aromatic heterocycles. The van der Waals surface area contributed by atoms with E-state index in [0.717, 1.165) is 5.56 Å². The molecule has 0 heterocycles. The molecule has 1 aromatic carbocycles. The van der Waals surface area contributed by atoms with E-state index in [-0.39, 0.29) is 12.5 Å². The van der Waals surface area contributed by atoms with Crippen LogP contribution in [-0.2, 0) is 9.53 Å². The van der Waals surface area contributed by atoms with Crippen LogP contribution in [0.2, 0.25) is 5.02 Å². The predicted octanol–water partition coefficient (Wildman–Crippen LogP) is 3.07. The van der Waals surface area contributed by atoms with E-state index in [1.165, 1.54) is 7.11 Å². The predicted molar refractivity (Wildman–Crippen MR) is 73.7 cm³/mol. The number of hydrogen-bond donors (Lipinski definition) is 1. The minimum atomic E-state index is -1.33. The second-order valence-electron chi connectivity index (χ2n) is 4.42. The van der Waals surface area contributed by atoms with Crippen LogP contribution >= 0.6 is 11.6 Å². The Labute approximate surface area is 118 Å². The van der Waals surface area contributed by atoms with E-state index in [1.807, 2.05) is 13.8 Å². The van der Waals surface area contributed by atoms with Crippen LogP contribution in [-0.4, -0.2) is 24.8 Å². The van der Waals surface area contributed by atoms with Gasteiger partial charge in [-0.2, -0.15) is 0 Å². The third-order valence-electron chi connectivity index (χ3n) is 2.78. The Morgan fingerprint density at radius 3 is 2.47 bits per heavy atom. The van der Waals surface area contributed by atoms with Crippen LogP contribution in [0.4, 0.5) is 0 Å². The molecule has 1 unspecified atom stereocenters. The number of carbonyl (C=O) groups excluding carboxylic acids is 1. The number of hydrogen-bond acceptors (Lipinski definition) is 4. The van der Waals surface area contributed by atoms with Crippen LogP contribution in [0.25, 0.3) is 0 Å². The van der Waals surface area contributed by atoms with Gasteiger partial charge in [-0.3, -0.25) is 0 Å². The van der Waals surface area contributed by atoms with Crippen LogP contribution in [0, 0.1) is 0 Å². The summed E-state index contributed by atoms with van der Waals surface area (Å²) < 4.78 is 9.97. The van der Waals surface area contributed by atoms with Gasteiger partial charge in [0, 0.05) is 0 Å². The zero-order valence-corrected chi connectivity index (χ0v) is 12.3. The molecule has 0 amide bonds. The molecular formula is C14H19ClO4. The van der Waals surface area contributed by atoms with Crippen molar-refractivity contribution in [1.29, 1.82) is 0 Å². The first-order valence-corrected chi connectivity index (χ1v) is 6.52. The number of halogens is 1. The van der Waals surface area contributed by atoms with Gasteiger partial charge in [-0.1, -0.05) is 25.4 Å². The number of carbonyl (C=O) groups is 1. The molecule has 0 spiro atoms. The summed E-state index contributed by atoms with van der Waals surface area (Å²) in [5.74, 6) is -0.0407. The number of esters is 1. The molecule has 0 radical (unpaired) electrons. The molecular weight excluding hydrogens is 268 g/mol. The highest BCUT2D eigenvalue weighted by atomic mass is 35.5. The Balaban J connectivity index is 3.25. The number of methoxy groups -OCH3 is 1. The number of aliphatic hydroxyl groups is 1. The largest absolute Gasteiger partial charge is 0.495 e. The van der Waals surface area contributed by atoms with Crippen LogP contribution in [0.1, 0.15) is 43.9 Å². The lowest BCUT2D eigenvalue weighted by Gasteiger charge is -2.19. The zero-order valence-electron chi connectivity index (χ0n) is 11.6. The first kappa shape index (κ1) is 15.8. The highest BCUT2D eigenvalue weighted by molar-refractivity contribution is 6.32. The molecule has 4 nitrogen and oxygen atoms in total. The van der Waals surface area contributed by atoms with Gasteiger partial charge in [0.1, 0.15) is 5.75 Å². The third-order valence-corrected chi connectivity index (χ3v) is 3.08. The molecule has 19 heavy (non-hydrogen) atoms. The van der Waals surface area contributed by atoms with Gasteiger partial charge >= 0.3 is 5.97 Å². The minimum Gasteiger partial charge on any atom is -0.495 e. The summed E-state index contributed by atoms with van der Waals surface area (Å²) in [6.07, 6.45) is -1.33. The summed E-state index contributed by atoms with van der Waals surface area (Å²) in [6.45, 7) is 5.83. The van der Waals surface area contributed by atoms with E-state index in [1.54, 1.807) is 19.1 Å². The van der Waals surface area contributed by atoms with Gasteiger partial charge in [-0.25, -0.2) is 4.79 Å². The quantitative estimate of drug-likeness (QED) is 0.845. The maximum absolute atomic E-state index is 11.6. The van der Waals surface area contributed by atoms with Gasteiger partial charge in [0.05, 0.1) is 18.7 Å². The van der Waals surface area contributed by atoms with Crippen molar-refractivity contribution in [3.63, 3.8) is 0 Å². The molecule has 1 N–H and O–H groups in total. The summed E-state index contributed by atoms with van der Waals surface area (Å²) >= 11 is 6.04. The number of aliphatic hydroxyl groups excluding tert-OH is 1.